The molecule has 2 heterocycles. The van der Waals surface area contributed by atoms with E-state index in [0.717, 1.165) is 4.31 Å². The number of imidazole rings is 1. The molecule has 16 heavy (non-hydrogen) atoms. The molecular formula is C7H10N6O2S. The number of rotatable bonds is 4. The predicted octanol–water partition coefficient (Wildman–Crippen LogP) is -0.651. The Morgan fingerprint density at radius 3 is 2.88 bits per heavy atom. The van der Waals surface area contributed by atoms with Crippen LogP contribution in [0.2, 0.25) is 0 Å². The molecule has 0 saturated heterocycles. The second-order valence-electron chi connectivity index (χ2n) is 3.11. The van der Waals surface area contributed by atoms with Gasteiger partial charge in [-0.1, -0.05) is 0 Å². The molecule has 2 aromatic rings. The summed E-state index contributed by atoms with van der Waals surface area (Å²) in [6.45, 7) is 0.126. The average molecular weight is 242 g/mol. The van der Waals surface area contributed by atoms with E-state index in [9.17, 15) is 8.42 Å². The molecule has 2 N–H and O–H groups in total. The van der Waals surface area contributed by atoms with Gasteiger partial charge in [0.1, 0.15) is 12.2 Å². The fourth-order valence-corrected chi connectivity index (χ4v) is 2.18. The van der Waals surface area contributed by atoms with E-state index in [1.54, 1.807) is 0 Å². The maximum atomic E-state index is 11.9. The van der Waals surface area contributed by atoms with Crippen LogP contribution in [0.3, 0.4) is 0 Å². The van der Waals surface area contributed by atoms with Crippen LogP contribution in [0.5, 0.6) is 0 Å². The number of aromatic nitrogens is 5. The molecule has 0 atom stereocenters. The molecule has 2 rings (SSSR count). The SMILES string of the molecule is CN(Cc1ncn[nH]1)S(=O)(=O)c1cnc[nH]1. The molecule has 0 radical (unpaired) electrons. The van der Waals surface area contributed by atoms with Gasteiger partial charge in [-0.15, -0.1) is 0 Å². The third-order valence-corrected chi connectivity index (χ3v) is 3.73. The van der Waals surface area contributed by atoms with Crippen molar-refractivity contribution in [3.8, 4) is 0 Å². The average Bonchev–Trinajstić information content (AvgIpc) is 2.89. The van der Waals surface area contributed by atoms with E-state index in [1.165, 1.54) is 25.9 Å². The third-order valence-electron chi connectivity index (χ3n) is 2.00. The quantitative estimate of drug-likeness (QED) is 0.740. The van der Waals surface area contributed by atoms with Crippen LogP contribution in [0.4, 0.5) is 0 Å². The van der Waals surface area contributed by atoms with Crippen LogP contribution < -0.4 is 0 Å². The molecule has 0 bridgehead atoms. The van der Waals surface area contributed by atoms with E-state index >= 15 is 0 Å². The van der Waals surface area contributed by atoms with Crippen molar-refractivity contribution in [3.63, 3.8) is 0 Å². The van der Waals surface area contributed by atoms with Crippen LogP contribution in [-0.4, -0.2) is 44.9 Å². The molecular weight excluding hydrogens is 232 g/mol. The van der Waals surface area contributed by atoms with Gasteiger partial charge in [0.2, 0.25) is 0 Å². The summed E-state index contributed by atoms with van der Waals surface area (Å²) in [5.41, 5.74) is 0. The van der Waals surface area contributed by atoms with Gasteiger partial charge in [0.05, 0.1) is 19.1 Å². The number of hydrogen-bond acceptors (Lipinski definition) is 5. The highest BCUT2D eigenvalue weighted by atomic mass is 32.2. The van der Waals surface area contributed by atoms with Crippen molar-refractivity contribution in [1.29, 1.82) is 0 Å². The maximum absolute atomic E-state index is 11.9. The summed E-state index contributed by atoms with van der Waals surface area (Å²) in [7, 11) is -2.09. The lowest BCUT2D eigenvalue weighted by Gasteiger charge is -2.13. The van der Waals surface area contributed by atoms with Crippen molar-refractivity contribution in [2.75, 3.05) is 7.05 Å². The van der Waals surface area contributed by atoms with E-state index in [4.69, 9.17) is 0 Å². The number of nitrogens with zero attached hydrogens (tertiary/aromatic N) is 4. The Labute approximate surface area is 91.8 Å². The lowest BCUT2D eigenvalue weighted by Crippen LogP contribution is -2.27. The fourth-order valence-electron chi connectivity index (χ4n) is 1.15. The minimum Gasteiger partial charge on any atom is -0.335 e. The fraction of sp³-hybridized carbons (Fsp3) is 0.286. The highest BCUT2D eigenvalue weighted by Gasteiger charge is 2.22. The molecule has 9 heteroatoms. The van der Waals surface area contributed by atoms with Crippen molar-refractivity contribution >= 4 is 10.0 Å². The van der Waals surface area contributed by atoms with Crippen LogP contribution in [0, 0.1) is 0 Å². The number of hydrogen-bond donors (Lipinski definition) is 2. The molecule has 0 aliphatic rings. The molecule has 2 aromatic heterocycles. The second kappa shape index (κ2) is 4.02. The van der Waals surface area contributed by atoms with E-state index in [1.807, 2.05) is 0 Å². The first-order valence-corrected chi connectivity index (χ1v) is 5.83. The maximum Gasteiger partial charge on any atom is 0.260 e. The number of aromatic amines is 2. The molecule has 0 aliphatic heterocycles. The summed E-state index contributed by atoms with van der Waals surface area (Å²) >= 11 is 0. The van der Waals surface area contributed by atoms with Crippen molar-refractivity contribution in [2.24, 2.45) is 0 Å². The Morgan fingerprint density at radius 1 is 1.50 bits per heavy atom. The van der Waals surface area contributed by atoms with Gasteiger partial charge in [-0.2, -0.15) is 9.40 Å². The summed E-state index contributed by atoms with van der Waals surface area (Å²) in [5, 5.41) is 6.29. The summed E-state index contributed by atoms with van der Waals surface area (Å²) < 4.78 is 25.0. The number of H-pyrrole nitrogens is 2. The predicted molar refractivity (Wildman–Crippen MR) is 53.6 cm³/mol. The first-order valence-electron chi connectivity index (χ1n) is 4.39. The molecule has 0 aliphatic carbocycles. The van der Waals surface area contributed by atoms with Crippen molar-refractivity contribution in [1.82, 2.24) is 29.5 Å². The zero-order valence-electron chi connectivity index (χ0n) is 8.45. The Kier molecular flexibility index (Phi) is 2.71. The Hall–Kier alpha value is -1.74. The van der Waals surface area contributed by atoms with Gasteiger partial charge in [-0.25, -0.2) is 18.4 Å². The molecule has 0 unspecified atom stereocenters. The third kappa shape index (κ3) is 1.95. The number of nitrogens with one attached hydrogen (secondary N) is 2. The monoisotopic (exact) mass is 242 g/mol. The molecule has 8 nitrogen and oxygen atoms in total. The minimum atomic E-state index is -3.54. The molecule has 0 amide bonds. The van der Waals surface area contributed by atoms with Gasteiger partial charge in [-0.05, 0) is 0 Å². The van der Waals surface area contributed by atoms with Crippen LogP contribution in [-0.2, 0) is 16.6 Å². The highest BCUT2D eigenvalue weighted by molar-refractivity contribution is 7.89. The lowest BCUT2D eigenvalue weighted by atomic mass is 10.6. The first-order chi connectivity index (χ1) is 7.60. The van der Waals surface area contributed by atoms with Gasteiger partial charge >= 0.3 is 0 Å². The van der Waals surface area contributed by atoms with E-state index in [0.29, 0.717) is 5.82 Å². The first kappa shape index (κ1) is 10.8. The summed E-state index contributed by atoms with van der Waals surface area (Å²) in [6, 6.07) is 0. The van der Waals surface area contributed by atoms with E-state index in [-0.39, 0.29) is 11.6 Å². The van der Waals surface area contributed by atoms with Gasteiger partial charge < -0.3 is 4.98 Å². The Bertz CT molecular complexity index is 531. The highest BCUT2D eigenvalue weighted by Crippen LogP contribution is 2.11. The van der Waals surface area contributed by atoms with Crippen LogP contribution in [0.1, 0.15) is 5.82 Å². The smallest absolute Gasteiger partial charge is 0.260 e. The summed E-state index contributed by atoms with van der Waals surface area (Å²) in [5.74, 6) is 0.477. The van der Waals surface area contributed by atoms with Crippen LogP contribution in [0.15, 0.2) is 23.9 Å². The molecule has 0 saturated carbocycles. The minimum absolute atomic E-state index is 0.0505. The Balaban J connectivity index is 2.19. The van der Waals surface area contributed by atoms with Gasteiger partial charge in [0.15, 0.2) is 5.03 Å². The zero-order chi connectivity index (χ0) is 11.6. The van der Waals surface area contributed by atoms with Crippen molar-refractivity contribution < 1.29 is 8.42 Å². The molecule has 0 fully saturated rings. The number of sulfonamides is 1. The second-order valence-corrected chi connectivity index (χ2v) is 5.12. The normalized spacial score (nSPS) is 12.1. The molecule has 86 valence electrons. The topological polar surface area (TPSA) is 108 Å². The Morgan fingerprint density at radius 2 is 2.31 bits per heavy atom. The summed E-state index contributed by atoms with van der Waals surface area (Å²) in [4.78, 5) is 10.1. The summed E-state index contributed by atoms with van der Waals surface area (Å²) in [6.07, 6.45) is 3.90. The van der Waals surface area contributed by atoms with Crippen molar-refractivity contribution in [2.45, 2.75) is 11.6 Å². The van der Waals surface area contributed by atoms with E-state index < -0.39 is 10.0 Å². The van der Waals surface area contributed by atoms with Gasteiger partial charge in [0, 0.05) is 7.05 Å². The van der Waals surface area contributed by atoms with Gasteiger partial charge in [-0.3, -0.25) is 5.10 Å². The molecule has 0 spiro atoms. The zero-order valence-corrected chi connectivity index (χ0v) is 9.27. The van der Waals surface area contributed by atoms with E-state index in [2.05, 4.69) is 25.1 Å². The van der Waals surface area contributed by atoms with Gasteiger partial charge in [0.25, 0.3) is 10.0 Å². The lowest BCUT2D eigenvalue weighted by molar-refractivity contribution is 0.455. The standard InChI is InChI=1S/C7H10N6O2S/c1-13(3-6-9-5-11-12-6)16(14,15)7-2-8-4-10-7/h2,4-5H,3H2,1H3,(H,8,10)(H,9,11,12). The molecule has 0 aromatic carbocycles. The van der Waals surface area contributed by atoms with Crippen LogP contribution in [0.25, 0.3) is 0 Å². The largest absolute Gasteiger partial charge is 0.335 e. The van der Waals surface area contributed by atoms with Crippen molar-refractivity contribution in [3.05, 3.63) is 24.7 Å². The van der Waals surface area contributed by atoms with Crippen LogP contribution >= 0.6 is 0 Å².